The summed E-state index contributed by atoms with van der Waals surface area (Å²) >= 11 is 10.6. The van der Waals surface area contributed by atoms with Crippen LogP contribution in [0.3, 0.4) is 0 Å². The Bertz CT molecular complexity index is 1540. The van der Waals surface area contributed by atoms with Crippen LogP contribution >= 0.6 is 54.0 Å². The lowest BCUT2D eigenvalue weighted by molar-refractivity contribution is -0.746. The number of imidazole rings is 1. The third-order valence-electron chi connectivity index (χ3n) is 5.16. The Balaban J connectivity index is 1.80. The lowest BCUT2D eigenvalue weighted by Crippen LogP contribution is -2.47. The summed E-state index contributed by atoms with van der Waals surface area (Å²) in [6, 6.07) is 0. The fourth-order valence-corrected chi connectivity index (χ4v) is 10.2. The highest BCUT2D eigenvalue weighted by molar-refractivity contribution is 7.83. The minimum absolute atomic E-state index is 0.00785. The quantitative estimate of drug-likeness (QED) is 0.0801. The van der Waals surface area contributed by atoms with E-state index >= 15 is 0 Å². The van der Waals surface area contributed by atoms with E-state index in [1.54, 1.807) is 0 Å². The van der Waals surface area contributed by atoms with Crippen LogP contribution in [0.1, 0.15) is 6.23 Å². The van der Waals surface area contributed by atoms with E-state index in [1.807, 2.05) is 0 Å². The van der Waals surface area contributed by atoms with Crippen molar-refractivity contribution in [3.63, 3.8) is 0 Å². The maximum absolute atomic E-state index is 12.4. The number of nitrogens with one attached hydrogen (secondary N) is 1. The van der Waals surface area contributed by atoms with Gasteiger partial charge in [0.1, 0.15) is 18.3 Å². The number of aromatic amines is 1. The van der Waals surface area contributed by atoms with Gasteiger partial charge in [0.25, 0.3) is 11.5 Å². The van der Waals surface area contributed by atoms with Gasteiger partial charge in [0, 0.05) is 7.11 Å². The smallest absolute Gasteiger partial charge is 0.387 e. The lowest BCUT2D eigenvalue weighted by atomic mass is 10.1. The normalized spacial score (nSPS) is 26.9. The van der Waals surface area contributed by atoms with Crippen molar-refractivity contribution in [3.8, 4) is 0 Å². The van der Waals surface area contributed by atoms with Gasteiger partial charge < -0.3 is 44.8 Å². The third kappa shape index (κ3) is 6.72. The van der Waals surface area contributed by atoms with Gasteiger partial charge in [-0.3, -0.25) is 28.0 Å². The minimum Gasteiger partial charge on any atom is -0.387 e. The standard InChI is InChI=1S/C13H21Cl2N5O16P4/c1-19-4-20(9-6(19)10(22)18-12(16)17-9)11-8(32-2)7(21)5(34-11)3-33-40(30,31)36-38(25,26)13(14,15)37(23,24)35-39(27,28)29/h4-5,7-8,11,21H,3H2,1-2H3,(H7-,16,17,18,22,23,24,25,26,27,28,29,30,31)/p+1/t5-,7-,8-,11-/m1/s1. The predicted molar refractivity (Wildman–Crippen MR) is 131 cm³/mol. The number of fused-ring (bicyclic) bond motifs is 1. The second-order valence-corrected chi connectivity index (χ2v) is 17.6. The number of nitrogens with two attached hydrogens (primary N) is 1. The molecule has 0 bridgehead atoms. The van der Waals surface area contributed by atoms with E-state index in [2.05, 4.69) is 23.1 Å². The summed E-state index contributed by atoms with van der Waals surface area (Å²) in [7, 11) is -21.2. The van der Waals surface area contributed by atoms with Crippen molar-refractivity contribution in [2.75, 3.05) is 19.5 Å². The van der Waals surface area contributed by atoms with Crippen molar-refractivity contribution < 1.29 is 75.0 Å². The van der Waals surface area contributed by atoms with Gasteiger partial charge in [-0.25, -0.2) is 22.3 Å². The molecule has 1 aliphatic heterocycles. The molecule has 2 aromatic heterocycles. The maximum atomic E-state index is 12.4. The largest absolute Gasteiger partial charge is 0.479 e. The van der Waals surface area contributed by atoms with Crippen LogP contribution in [0.25, 0.3) is 11.2 Å². The number of methoxy groups -OCH3 is 1. The number of anilines is 1. The van der Waals surface area contributed by atoms with Gasteiger partial charge in [0.2, 0.25) is 11.7 Å². The average Bonchev–Trinajstić information content (AvgIpc) is 3.25. The fourth-order valence-electron chi connectivity index (χ4n) is 3.52. The first-order valence-electron chi connectivity index (χ1n) is 10.1. The van der Waals surface area contributed by atoms with Gasteiger partial charge in [0.15, 0.2) is 6.33 Å². The summed E-state index contributed by atoms with van der Waals surface area (Å²) in [5.41, 5.74) is 5.08. The fraction of sp³-hybridized carbons (Fsp3) is 0.615. The van der Waals surface area contributed by atoms with Crippen molar-refractivity contribution >= 4 is 71.2 Å². The number of aliphatic hydroxyl groups is 1. The molecule has 3 heterocycles. The van der Waals surface area contributed by atoms with E-state index in [-0.39, 0.29) is 17.1 Å². The summed E-state index contributed by atoms with van der Waals surface area (Å²) in [4.78, 5) is 65.5. The molecule has 0 saturated carbocycles. The van der Waals surface area contributed by atoms with Crippen molar-refractivity contribution in [3.05, 3.63) is 16.7 Å². The van der Waals surface area contributed by atoms with Gasteiger partial charge in [-0.1, -0.05) is 28.2 Å². The number of hydrogen-bond donors (Lipinski definition) is 8. The molecule has 0 amide bonds. The van der Waals surface area contributed by atoms with Crippen LogP contribution in [0.15, 0.2) is 11.1 Å². The van der Waals surface area contributed by atoms with Crippen LogP contribution in [0.4, 0.5) is 5.95 Å². The molecule has 2 aromatic rings. The number of hydrogen-bond acceptors (Lipinski definition) is 13. The molecule has 3 rings (SSSR count). The molecular weight excluding hydrogens is 677 g/mol. The van der Waals surface area contributed by atoms with Gasteiger partial charge in [0.05, 0.1) is 13.7 Å². The second-order valence-electron chi connectivity index (χ2n) is 7.98. The van der Waals surface area contributed by atoms with Crippen LogP contribution in [0.2, 0.25) is 0 Å². The van der Waals surface area contributed by atoms with Crippen LogP contribution in [0, 0.1) is 0 Å². The molecule has 21 nitrogen and oxygen atoms in total. The summed E-state index contributed by atoms with van der Waals surface area (Å²) < 4.78 is 69.1. The lowest BCUT2D eigenvalue weighted by Gasteiger charge is -2.28. The Kier molecular flexibility index (Phi) is 9.58. The molecule has 40 heavy (non-hydrogen) atoms. The highest BCUT2D eigenvalue weighted by atomic mass is 35.5. The van der Waals surface area contributed by atoms with E-state index in [1.165, 1.54) is 29.6 Å². The monoisotopic (exact) mass is 698 g/mol. The van der Waals surface area contributed by atoms with Gasteiger partial charge in [-0.15, -0.1) is 0 Å². The third-order valence-corrected chi connectivity index (χ3v) is 14.5. The van der Waals surface area contributed by atoms with E-state index in [9.17, 15) is 42.8 Å². The van der Waals surface area contributed by atoms with E-state index in [4.69, 9.17) is 48.2 Å². The molecule has 0 aromatic carbocycles. The zero-order chi connectivity index (χ0) is 30.6. The van der Waals surface area contributed by atoms with E-state index in [0.29, 0.717) is 0 Å². The molecule has 0 spiro atoms. The molecule has 7 atom stereocenters. The van der Waals surface area contributed by atoms with Crippen LogP contribution in [-0.2, 0) is 47.9 Å². The number of aryl methyl sites for hydroxylation is 1. The first kappa shape index (κ1) is 33.7. The summed E-state index contributed by atoms with van der Waals surface area (Å²) in [5, 5.41) is 10.7. The molecule has 0 radical (unpaired) electrons. The number of phosphoric acid groups is 2. The van der Waals surface area contributed by atoms with Crippen molar-refractivity contribution in [1.82, 2.24) is 14.5 Å². The number of nitrogen functional groups attached to an aromatic ring is 1. The molecule has 228 valence electrons. The first-order chi connectivity index (χ1) is 18.0. The predicted octanol–water partition coefficient (Wildman–Crippen LogP) is -0.893. The SMILES string of the molecule is CO[C@@H]1[C@H](O)[C@@H](COP(=O)(O)OP(=O)(O)C(Cl)(Cl)P(=O)(O)OP(=O)(O)O)O[C@H]1[n+]1cn(C)c2c(=O)[nH]c(N)nc21. The zero-order valence-electron chi connectivity index (χ0n) is 19.8. The van der Waals surface area contributed by atoms with E-state index in [0.717, 1.165) is 0 Å². The molecule has 3 unspecified atom stereocenters. The van der Waals surface area contributed by atoms with E-state index < -0.39 is 71.4 Å². The Morgan fingerprint density at radius 3 is 2.30 bits per heavy atom. The number of rotatable bonds is 11. The average molecular weight is 699 g/mol. The minimum atomic E-state index is -6.19. The van der Waals surface area contributed by atoms with Gasteiger partial charge in [-0.2, -0.15) is 0 Å². The van der Waals surface area contributed by atoms with Gasteiger partial charge >= 0.3 is 40.3 Å². The van der Waals surface area contributed by atoms with Crippen molar-refractivity contribution in [2.24, 2.45) is 7.05 Å². The topological polar surface area (TPSA) is 316 Å². The highest BCUT2D eigenvalue weighted by Crippen LogP contribution is 2.83. The molecular formula is C13H22Cl2N5O16P4+. The Morgan fingerprint density at radius 1 is 1.18 bits per heavy atom. The van der Waals surface area contributed by atoms with Crippen molar-refractivity contribution in [1.29, 1.82) is 0 Å². The van der Waals surface area contributed by atoms with Crippen molar-refractivity contribution in [2.45, 2.75) is 28.4 Å². The summed E-state index contributed by atoms with van der Waals surface area (Å²) in [6.07, 6.45) is -4.21. The highest BCUT2D eigenvalue weighted by Gasteiger charge is 2.65. The van der Waals surface area contributed by atoms with Crippen LogP contribution in [-0.4, -0.2) is 80.0 Å². The van der Waals surface area contributed by atoms with Crippen LogP contribution in [0.5, 0.6) is 0 Å². The number of halogens is 2. The Hall–Kier alpha value is -0.790. The maximum Gasteiger partial charge on any atom is 0.479 e. The molecule has 1 saturated heterocycles. The summed E-state index contributed by atoms with van der Waals surface area (Å²) in [5.74, 6) is -0.245. The number of nitrogens with zero attached hydrogens (tertiary/aromatic N) is 3. The number of phosphoric ester groups is 1. The molecule has 0 aliphatic carbocycles. The zero-order valence-corrected chi connectivity index (χ0v) is 24.9. The molecule has 27 heteroatoms. The number of aromatic nitrogens is 4. The second kappa shape index (κ2) is 11.4. The number of H-pyrrole nitrogens is 1. The number of aliphatic hydroxyl groups excluding tert-OH is 1. The number of ether oxygens (including phenoxy) is 2. The first-order valence-corrected chi connectivity index (χ1v) is 17.1. The Morgan fingerprint density at radius 2 is 1.75 bits per heavy atom. The van der Waals surface area contributed by atoms with Gasteiger partial charge in [-0.05, 0) is 0 Å². The number of alkyl halides is 2. The molecule has 9 N–H and O–H groups in total. The Labute approximate surface area is 232 Å². The summed E-state index contributed by atoms with van der Waals surface area (Å²) in [6.45, 7) is -1.06. The van der Waals surface area contributed by atoms with Crippen LogP contribution < -0.4 is 15.9 Å². The molecule has 1 fully saturated rings. The molecule has 1 aliphatic rings.